The van der Waals surface area contributed by atoms with E-state index in [2.05, 4.69) is 22.0 Å². The average Bonchev–Trinajstić information content (AvgIpc) is 2.60. The molecular formula is C20H24F5N3O. The molecule has 1 aromatic rings. The van der Waals surface area contributed by atoms with Gasteiger partial charge in [0.05, 0.1) is 0 Å². The number of rotatable bonds is 5. The first-order chi connectivity index (χ1) is 13.6. The highest BCUT2D eigenvalue weighted by Gasteiger charge is 2.37. The molecule has 0 saturated heterocycles. The largest absolute Gasteiger partial charge is 0.573 e. The second-order valence-corrected chi connectivity index (χ2v) is 7.51. The van der Waals surface area contributed by atoms with E-state index in [4.69, 9.17) is 0 Å². The predicted octanol–water partition coefficient (Wildman–Crippen LogP) is 5.23. The van der Waals surface area contributed by atoms with Crippen LogP contribution in [0.25, 0.3) is 5.70 Å². The van der Waals surface area contributed by atoms with Gasteiger partial charge >= 0.3 is 12.9 Å². The molecule has 3 rings (SSSR count). The minimum atomic E-state index is -4.77. The first-order valence-corrected chi connectivity index (χ1v) is 9.51. The summed E-state index contributed by atoms with van der Waals surface area (Å²) in [6.07, 6.45) is -2.12. The number of halogens is 5. The van der Waals surface area contributed by atoms with Crippen LogP contribution in [0.5, 0.6) is 5.75 Å². The third kappa shape index (κ3) is 4.82. The van der Waals surface area contributed by atoms with E-state index < -0.39 is 12.9 Å². The second-order valence-electron chi connectivity index (χ2n) is 7.51. The van der Waals surface area contributed by atoms with Crippen LogP contribution in [0.1, 0.15) is 38.7 Å². The number of likely N-dealkylation sites (N-methyl/N-ethyl adjacent to an activating group) is 1. The number of benzene rings is 1. The molecule has 1 aliphatic carbocycles. The van der Waals surface area contributed by atoms with Gasteiger partial charge in [0, 0.05) is 24.2 Å². The zero-order chi connectivity index (χ0) is 21.3. The molecule has 29 heavy (non-hydrogen) atoms. The Labute approximate surface area is 166 Å². The van der Waals surface area contributed by atoms with E-state index in [0.29, 0.717) is 22.8 Å². The van der Waals surface area contributed by atoms with Gasteiger partial charge in [-0.05, 0) is 55.5 Å². The Morgan fingerprint density at radius 3 is 2.34 bits per heavy atom. The van der Waals surface area contributed by atoms with Crippen LogP contribution in [0.3, 0.4) is 0 Å². The lowest BCUT2D eigenvalue weighted by molar-refractivity contribution is -0.274. The van der Waals surface area contributed by atoms with Crippen molar-refractivity contribution in [2.24, 2.45) is 16.8 Å². The molecule has 0 aromatic heterocycles. The molecule has 1 aromatic carbocycles. The molecular weight excluding hydrogens is 393 g/mol. The first-order valence-electron chi connectivity index (χ1n) is 9.51. The van der Waals surface area contributed by atoms with Gasteiger partial charge in [0.1, 0.15) is 17.8 Å². The summed E-state index contributed by atoms with van der Waals surface area (Å²) in [5.74, 6) is 0.698. The summed E-state index contributed by atoms with van der Waals surface area (Å²) in [7, 11) is 1.28. The van der Waals surface area contributed by atoms with Crippen molar-refractivity contribution in [2.75, 3.05) is 7.05 Å². The van der Waals surface area contributed by atoms with Crippen molar-refractivity contribution >= 4 is 11.5 Å². The number of hydrogen-bond acceptors (Lipinski definition) is 4. The van der Waals surface area contributed by atoms with E-state index >= 15 is 0 Å². The van der Waals surface area contributed by atoms with Crippen LogP contribution in [0, 0.1) is 11.8 Å². The van der Waals surface area contributed by atoms with Gasteiger partial charge < -0.3 is 15.0 Å². The molecule has 0 radical (unpaired) electrons. The van der Waals surface area contributed by atoms with Crippen molar-refractivity contribution in [3.63, 3.8) is 0 Å². The summed E-state index contributed by atoms with van der Waals surface area (Å²) in [5.41, 5.74) is 1.69. The van der Waals surface area contributed by atoms with Crippen molar-refractivity contribution in [3.8, 4) is 5.75 Å². The van der Waals surface area contributed by atoms with Crippen LogP contribution in [-0.4, -0.2) is 36.9 Å². The molecule has 0 amide bonds. The zero-order valence-electron chi connectivity index (χ0n) is 16.4. The topological polar surface area (TPSA) is 36.9 Å². The summed E-state index contributed by atoms with van der Waals surface area (Å²) in [4.78, 5) is 5.36. The van der Waals surface area contributed by atoms with Crippen LogP contribution in [0.4, 0.5) is 22.0 Å². The van der Waals surface area contributed by atoms with Crippen molar-refractivity contribution in [1.29, 1.82) is 0 Å². The quantitative estimate of drug-likeness (QED) is 0.526. The normalized spacial score (nSPS) is 24.7. The number of amidine groups is 1. The molecule has 9 heteroatoms. The Morgan fingerprint density at radius 2 is 1.83 bits per heavy atom. The maximum absolute atomic E-state index is 13.3. The van der Waals surface area contributed by atoms with Crippen molar-refractivity contribution in [1.82, 2.24) is 10.2 Å². The Bertz CT molecular complexity index is 782. The molecule has 1 atom stereocenters. The standard InChI is InChI=1S/C20H24F5N3O/c1-4-12-9-14(10-12)17-26-16(11(2)18(27-17)28(3)19(21)22)13-5-7-15(8-6-13)29-20(23,24)25/h5-8,12,14,17,19,26H,4,9-10H2,1-3H3. The molecule has 1 saturated carbocycles. The fourth-order valence-electron chi connectivity index (χ4n) is 3.80. The summed E-state index contributed by atoms with van der Waals surface area (Å²) in [5, 5.41) is 3.32. The van der Waals surface area contributed by atoms with Crippen molar-refractivity contribution in [2.45, 2.75) is 52.2 Å². The SMILES string of the molecule is CCC1CC(C2N=C(N(C)C(F)F)C(C)=C(c3ccc(OC(F)(F)F)cc3)N2)C1. The molecule has 1 heterocycles. The number of ether oxygens (including phenoxy) is 1. The fourth-order valence-corrected chi connectivity index (χ4v) is 3.80. The Balaban J connectivity index is 1.89. The van der Waals surface area contributed by atoms with Gasteiger partial charge in [-0.2, -0.15) is 8.78 Å². The Hall–Kier alpha value is -2.32. The molecule has 1 aliphatic heterocycles. The maximum Gasteiger partial charge on any atom is 0.573 e. The molecule has 0 bridgehead atoms. The third-order valence-electron chi connectivity index (χ3n) is 5.56. The number of nitrogens with zero attached hydrogens (tertiary/aromatic N) is 2. The van der Waals surface area contributed by atoms with E-state index in [1.165, 1.54) is 31.3 Å². The Morgan fingerprint density at radius 1 is 1.21 bits per heavy atom. The zero-order valence-corrected chi connectivity index (χ0v) is 16.4. The van der Waals surface area contributed by atoms with Gasteiger partial charge in [0.25, 0.3) is 0 Å². The summed E-state index contributed by atoms with van der Waals surface area (Å²) >= 11 is 0. The number of hydrogen-bond donors (Lipinski definition) is 1. The minimum Gasteiger partial charge on any atom is -0.406 e. The van der Waals surface area contributed by atoms with Gasteiger partial charge in [-0.1, -0.05) is 13.3 Å². The summed E-state index contributed by atoms with van der Waals surface area (Å²) in [6.45, 7) is 1.08. The van der Waals surface area contributed by atoms with E-state index in [9.17, 15) is 22.0 Å². The number of aliphatic imine (C=N–C) groups is 1. The predicted molar refractivity (Wildman–Crippen MR) is 100 cm³/mol. The van der Waals surface area contributed by atoms with E-state index in [1.807, 2.05) is 0 Å². The highest BCUT2D eigenvalue weighted by atomic mass is 19.4. The molecule has 0 spiro atoms. The monoisotopic (exact) mass is 417 g/mol. The van der Waals surface area contributed by atoms with E-state index in [1.54, 1.807) is 6.92 Å². The van der Waals surface area contributed by atoms with Crippen LogP contribution in [0.2, 0.25) is 0 Å². The first kappa shape index (κ1) is 21.4. The second kappa shape index (κ2) is 8.20. The van der Waals surface area contributed by atoms with Gasteiger partial charge in [-0.15, -0.1) is 13.2 Å². The van der Waals surface area contributed by atoms with Gasteiger partial charge in [0.15, 0.2) is 0 Å². The molecule has 160 valence electrons. The van der Waals surface area contributed by atoms with Crippen LogP contribution >= 0.6 is 0 Å². The van der Waals surface area contributed by atoms with Gasteiger partial charge in [-0.3, -0.25) is 0 Å². The lowest BCUT2D eigenvalue weighted by Gasteiger charge is -2.42. The Kier molecular flexibility index (Phi) is 6.05. The lowest BCUT2D eigenvalue weighted by Crippen LogP contribution is -2.47. The van der Waals surface area contributed by atoms with E-state index in [0.717, 1.165) is 24.2 Å². The van der Waals surface area contributed by atoms with Crippen molar-refractivity contribution < 1.29 is 26.7 Å². The molecule has 1 N–H and O–H groups in total. The fraction of sp³-hybridized carbons (Fsp3) is 0.550. The third-order valence-corrected chi connectivity index (χ3v) is 5.56. The molecule has 4 nitrogen and oxygen atoms in total. The van der Waals surface area contributed by atoms with Crippen LogP contribution < -0.4 is 10.1 Å². The average molecular weight is 417 g/mol. The molecule has 1 unspecified atom stereocenters. The highest BCUT2D eigenvalue weighted by Crippen LogP contribution is 2.40. The molecule has 1 fully saturated rings. The number of nitrogens with one attached hydrogen (secondary N) is 1. The van der Waals surface area contributed by atoms with Crippen molar-refractivity contribution in [3.05, 3.63) is 35.4 Å². The molecule has 2 aliphatic rings. The van der Waals surface area contributed by atoms with Gasteiger partial charge in [0.2, 0.25) is 0 Å². The van der Waals surface area contributed by atoms with Crippen LogP contribution in [-0.2, 0) is 0 Å². The van der Waals surface area contributed by atoms with Gasteiger partial charge in [-0.25, -0.2) is 4.99 Å². The minimum absolute atomic E-state index is 0.189. The summed E-state index contributed by atoms with van der Waals surface area (Å²) in [6, 6.07) is 5.37. The number of alkyl halides is 5. The van der Waals surface area contributed by atoms with Crippen LogP contribution in [0.15, 0.2) is 34.8 Å². The maximum atomic E-state index is 13.3. The summed E-state index contributed by atoms with van der Waals surface area (Å²) < 4.78 is 67.7. The highest BCUT2D eigenvalue weighted by molar-refractivity contribution is 6.05. The lowest BCUT2D eigenvalue weighted by atomic mass is 9.71. The van der Waals surface area contributed by atoms with E-state index in [-0.39, 0.29) is 23.7 Å². The smallest absolute Gasteiger partial charge is 0.406 e.